The van der Waals surface area contributed by atoms with E-state index in [1.165, 1.54) is 22.0 Å². The molecule has 0 radical (unpaired) electrons. The number of halogens is 3. The van der Waals surface area contributed by atoms with Crippen molar-refractivity contribution < 1.29 is 0 Å². The Kier molecular flexibility index (Phi) is 6.97. The molecule has 0 amide bonds. The molecule has 0 heterocycles. The molecule has 0 bridgehead atoms. The molecule has 0 aliphatic carbocycles. The molecule has 0 atom stereocenters. The maximum atomic E-state index is 3.74. The quantitative estimate of drug-likeness (QED) is 0.402. The van der Waals surface area contributed by atoms with Gasteiger partial charge in [-0.1, -0.05) is 96.3 Å². The van der Waals surface area contributed by atoms with Gasteiger partial charge in [0.2, 0.25) is 0 Å². The summed E-state index contributed by atoms with van der Waals surface area (Å²) >= 11 is 11.2. The van der Waals surface area contributed by atoms with E-state index in [0.717, 1.165) is 23.5 Å². The lowest BCUT2D eigenvalue weighted by molar-refractivity contribution is 0.482. The Morgan fingerprint density at radius 1 is 0.810 bits per heavy atom. The summed E-state index contributed by atoms with van der Waals surface area (Å²) < 4.78 is 1.20. The first-order valence-corrected chi connectivity index (χ1v) is 10.2. The van der Waals surface area contributed by atoms with Crippen molar-refractivity contribution in [3.8, 4) is 0 Å². The maximum absolute atomic E-state index is 3.74. The monoisotopic (exact) mass is 472 g/mol. The van der Waals surface area contributed by atoms with Gasteiger partial charge in [-0.3, -0.25) is 0 Å². The normalized spacial score (nSPS) is 11.6. The molecule has 0 unspecified atom stereocenters. The minimum atomic E-state index is 0.134. The van der Waals surface area contributed by atoms with Crippen molar-refractivity contribution in [1.82, 2.24) is 0 Å². The van der Waals surface area contributed by atoms with Gasteiger partial charge >= 0.3 is 0 Å². The van der Waals surface area contributed by atoms with Gasteiger partial charge in [-0.15, -0.1) is 0 Å². The zero-order valence-corrected chi connectivity index (χ0v) is 16.6. The smallest absolute Gasteiger partial charge is 0.0213 e. The number of alkyl halides is 2. The van der Waals surface area contributed by atoms with Gasteiger partial charge in [0, 0.05) is 20.5 Å². The highest BCUT2D eigenvalue weighted by Crippen LogP contribution is 2.38. The lowest BCUT2D eigenvalue weighted by atomic mass is 9.79. The van der Waals surface area contributed by atoms with Crippen LogP contribution in [0.15, 0.2) is 59.1 Å². The summed E-state index contributed by atoms with van der Waals surface area (Å²) in [4.78, 5) is 0. The van der Waals surface area contributed by atoms with Gasteiger partial charge in [0.05, 0.1) is 0 Å². The Labute approximate surface area is 152 Å². The van der Waals surface area contributed by atoms with Crippen LogP contribution in [-0.2, 0) is 11.8 Å². The second kappa shape index (κ2) is 8.50. The first-order chi connectivity index (χ1) is 10.2. The van der Waals surface area contributed by atoms with Crippen LogP contribution in [0.25, 0.3) is 0 Å². The Hall–Kier alpha value is -0.120. The standard InChI is InChI=1S/C18H19Br3/c19-13-18(14-20,16-10-4-5-11-17(16)21)12-6-9-15-7-2-1-3-8-15/h1-5,7-8,10-11H,6,9,12-14H2. The highest BCUT2D eigenvalue weighted by atomic mass is 79.9. The number of benzene rings is 2. The predicted octanol–water partition coefficient (Wildman–Crippen LogP) is 6.50. The van der Waals surface area contributed by atoms with Crippen molar-refractivity contribution in [2.75, 3.05) is 10.7 Å². The molecular weight excluding hydrogens is 456 g/mol. The van der Waals surface area contributed by atoms with Gasteiger partial charge < -0.3 is 0 Å². The van der Waals surface area contributed by atoms with Crippen LogP contribution < -0.4 is 0 Å². The number of rotatable bonds is 7. The van der Waals surface area contributed by atoms with Crippen LogP contribution in [0.1, 0.15) is 24.0 Å². The Bertz CT molecular complexity index is 547. The van der Waals surface area contributed by atoms with Crippen molar-refractivity contribution in [3.05, 3.63) is 70.2 Å². The summed E-state index contributed by atoms with van der Waals surface area (Å²) in [5.74, 6) is 0. The van der Waals surface area contributed by atoms with Crippen molar-refractivity contribution >= 4 is 47.8 Å². The topological polar surface area (TPSA) is 0 Å². The van der Waals surface area contributed by atoms with Crippen molar-refractivity contribution in [2.45, 2.75) is 24.7 Å². The van der Waals surface area contributed by atoms with Crippen LogP contribution >= 0.6 is 47.8 Å². The molecule has 3 heteroatoms. The maximum Gasteiger partial charge on any atom is 0.0213 e. The summed E-state index contributed by atoms with van der Waals surface area (Å²) in [6.07, 6.45) is 3.47. The fourth-order valence-corrected chi connectivity index (χ4v) is 5.41. The van der Waals surface area contributed by atoms with Crippen molar-refractivity contribution in [1.29, 1.82) is 0 Å². The number of aryl methyl sites for hydroxylation is 1. The van der Waals surface area contributed by atoms with Crippen molar-refractivity contribution in [2.24, 2.45) is 0 Å². The minimum absolute atomic E-state index is 0.134. The van der Waals surface area contributed by atoms with E-state index in [0.29, 0.717) is 0 Å². The SMILES string of the molecule is BrCC(CBr)(CCCc1ccccc1)c1ccccc1Br. The first-order valence-electron chi connectivity index (χ1n) is 7.13. The second-order valence-corrected chi connectivity index (χ2v) is 7.34. The molecule has 0 saturated carbocycles. The molecule has 0 aromatic heterocycles. The summed E-state index contributed by atoms with van der Waals surface area (Å²) in [5.41, 5.74) is 2.93. The first kappa shape index (κ1) is 17.2. The molecular formula is C18H19Br3. The van der Waals surface area contributed by atoms with Gasteiger partial charge in [0.25, 0.3) is 0 Å². The Morgan fingerprint density at radius 2 is 1.43 bits per heavy atom. The lowest BCUT2D eigenvalue weighted by Crippen LogP contribution is -2.30. The minimum Gasteiger partial charge on any atom is -0.0918 e. The van der Waals surface area contributed by atoms with Crippen LogP contribution in [0.5, 0.6) is 0 Å². The van der Waals surface area contributed by atoms with Crippen LogP contribution in [0.2, 0.25) is 0 Å². The second-order valence-electron chi connectivity index (χ2n) is 5.37. The summed E-state index contributed by atoms with van der Waals surface area (Å²) in [6, 6.07) is 19.3. The van der Waals surface area contributed by atoms with Gasteiger partial charge in [-0.2, -0.15) is 0 Å². The number of hydrogen-bond donors (Lipinski definition) is 0. The highest BCUT2D eigenvalue weighted by Gasteiger charge is 2.31. The third-order valence-electron chi connectivity index (χ3n) is 3.92. The highest BCUT2D eigenvalue weighted by molar-refractivity contribution is 9.10. The lowest BCUT2D eigenvalue weighted by Gasteiger charge is -2.32. The largest absolute Gasteiger partial charge is 0.0918 e. The molecule has 0 spiro atoms. The molecule has 0 nitrogen and oxygen atoms in total. The van der Waals surface area contributed by atoms with E-state index in [-0.39, 0.29) is 5.41 Å². The van der Waals surface area contributed by atoms with E-state index in [4.69, 9.17) is 0 Å². The van der Waals surface area contributed by atoms with Crippen molar-refractivity contribution in [3.63, 3.8) is 0 Å². The molecule has 2 aromatic rings. The summed E-state index contributed by atoms with van der Waals surface area (Å²) in [5, 5.41) is 1.92. The molecule has 0 N–H and O–H groups in total. The molecule has 0 saturated heterocycles. The van der Waals surface area contributed by atoms with E-state index in [1.807, 2.05) is 0 Å². The van der Waals surface area contributed by atoms with E-state index in [9.17, 15) is 0 Å². The zero-order chi connectivity index (χ0) is 15.1. The number of hydrogen-bond acceptors (Lipinski definition) is 0. The van der Waals surface area contributed by atoms with E-state index in [2.05, 4.69) is 102 Å². The molecule has 0 aliphatic rings. The van der Waals surface area contributed by atoms with Crippen LogP contribution in [0.4, 0.5) is 0 Å². The zero-order valence-electron chi connectivity index (χ0n) is 11.9. The Morgan fingerprint density at radius 3 is 2.05 bits per heavy atom. The van der Waals surface area contributed by atoms with Gasteiger partial charge in [0.1, 0.15) is 0 Å². The molecule has 112 valence electrons. The van der Waals surface area contributed by atoms with Crippen LogP contribution in [0.3, 0.4) is 0 Å². The summed E-state index contributed by atoms with van der Waals surface area (Å²) in [7, 11) is 0. The van der Waals surface area contributed by atoms with Crippen LogP contribution in [0, 0.1) is 0 Å². The average molecular weight is 475 g/mol. The van der Waals surface area contributed by atoms with Gasteiger partial charge in [-0.25, -0.2) is 0 Å². The van der Waals surface area contributed by atoms with E-state index < -0.39 is 0 Å². The Balaban J connectivity index is 2.10. The third kappa shape index (κ3) is 4.43. The molecule has 0 fully saturated rings. The fourth-order valence-electron chi connectivity index (χ4n) is 2.61. The van der Waals surface area contributed by atoms with Gasteiger partial charge in [-0.05, 0) is 36.5 Å². The molecule has 0 aliphatic heterocycles. The van der Waals surface area contributed by atoms with Crippen LogP contribution in [-0.4, -0.2) is 10.7 Å². The van der Waals surface area contributed by atoms with Gasteiger partial charge in [0.15, 0.2) is 0 Å². The molecule has 2 rings (SSSR count). The molecule has 21 heavy (non-hydrogen) atoms. The van der Waals surface area contributed by atoms with E-state index in [1.54, 1.807) is 0 Å². The predicted molar refractivity (Wildman–Crippen MR) is 103 cm³/mol. The average Bonchev–Trinajstić information content (AvgIpc) is 2.54. The summed E-state index contributed by atoms with van der Waals surface area (Å²) in [6.45, 7) is 0. The molecule has 2 aromatic carbocycles. The fraction of sp³-hybridized carbons (Fsp3) is 0.333. The third-order valence-corrected chi connectivity index (χ3v) is 6.76. The van der Waals surface area contributed by atoms with E-state index >= 15 is 0 Å².